The molecule has 3 rings (SSSR count). The van der Waals surface area contributed by atoms with E-state index in [9.17, 15) is 4.79 Å². The van der Waals surface area contributed by atoms with Crippen molar-refractivity contribution in [1.82, 2.24) is 0 Å². The second kappa shape index (κ2) is 7.33. The van der Waals surface area contributed by atoms with E-state index >= 15 is 0 Å². The molecule has 0 heterocycles. The van der Waals surface area contributed by atoms with Gasteiger partial charge in [0.15, 0.2) is 0 Å². The molecule has 3 aromatic rings. The lowest BCUT2D eigenvalue weighted by Gasteiger charge is -2.14. The molecule has 3 aromatic carbocycles. The largest absolute Gasteiger partial charge is 0.495 e. The second-order valence-corrected chi connectivity index (χ2v) is 6.50. The molecule has 0 spiro atoms. The van der Waals surface area contributed by atoms with Crippen molar-refractivity contribution in [2.45, 2.75) is 0 Å². The van der Waals surface area contributed by atoms with Crippen LogP contribution in [0.25, 0.3) is 10.8 Å². The van der Waals surface area contributed by atoms with E-state index in [1.807, 2.05) is 24.3 Å². The molecule has 0 radical (unpaired) electrons. The van der Waals surface area contributed by atoms with Crippen molar-refractivity contribution in [3.05, 3.63) is 63.6 Å². The lowest BCUT2D eigenvalue weighted by molar-refractivity contribution is 0.102. The molecule has 0 saturated heterocycles. The molecule has 4 nitrogen and oxygen atoms in total. The topological polar surface area (TPSA) is 47.6 Å². The van der Waals surface area contributed by atoms with Crippen LogP contribution >= 0.6 is 27.5 Å². The van der Waals surface area contributed by atoms with E-state index in [4.69, 9.17) is 21.1 Å². The summed E-state index contributed by atoms with van der Waals surface area (Å²) in [5.74, 6) is 0.742. The highest BCUT2D eigenvalue weighted by atomic mass is 79.9. The minimum absolute atomic E-state index is 0.287. The Morgan fingerprint density at radius 3 is 2.52 bits per heavy atom. The summed E-state index contributed by atoms with van der Waals surface area (Å²) < 4.78 is 11.3. The van der Waals surface area contributed by atoms with Gasteiger partial charge in [-0.25, -0.2) is 0 Å². The van der Waals surface area contributed by atoms with Gasteiger partial charge in [-0.15, -0.1) is 0 Å². The molecule has 1 N–H and O–H groups in total. The minimum atomic E-state index is -0.287. The molecule has 0 unspecified atom stereocenters. The molecule has 6 heteroatoms. The first-order valence-electron chi connectivity index (χ1n) is 7.45. The summed E-state index contributed by atoms with van der Waals surface area (Å²) in [6.45, 7) is 0. The maximum atomic E-state index is 12.8. The standard InChI is InChI=1S/C19H15BrClNO3/c1-24-16-8-7-12(10-15(16)21)22-19(23)14-9-11-5-3-4-6-13(11)17(20)18(14)25-2/h3-10H,1-2H3,(H,22,23). The molecule has 1 amide bonds. The van der Waals surface area contributed by atoms with Crippen LogP contribution in [0.3, 0.4) is 0 Å². The summed E-state index contributed by atoms with van der Waals surface area (Å²) in [5, 5.41) is 5.17. The number of ether oxygens (including phenoxy) is 2. The number of anilines is 1. The van der Waals surface area contributed by atoms with Crippen molar-refractivity contribution in [2.24, 2.45) is 0 Å². The second-order valence-electron chi connectivity index (χ2n) is 5.30. The molecule has 0 aliphatic heterocycles. The average Bonchev–Trinajstić information content (AvgIpc) is 2.62. The van der Waals surface area contributed by atoms with Crippen molar-refractivity contribution in [3.8, 4) is 11.5 Å². The number of methoxy groups -OCH3 is 2. The third-order valence-electron chi connectivity index (χ3n) is 3.80. The Morgan fingerprint density at radius 2 is 1.84 bits per heavy atom. The van der Waals surface area contributed by atoms with Gasteiger partial charge >= 0.3 is 0 Å². The molecule has 0 aliphatic carbocycles. The van der Waals surface area contributed by atoms with Crippen LogP contribution in [0.5, 0.6) is 11.5 Å². The number of carbonyl (C=O) groups excluding carboxylic acids is 1. The molecule has 0 fully saturated rings. The van der Waals surface area contributed by atoms with E-state index in [0.717, 1.165) is 15.2 Å². The Hall–Kier alpha value is -2.24. The minimum Gasteiger partial charge on any atom is -0.495 e. The monoisotopic (exact) mass is 419 g/mol. The first kappa shape index (κ1) is 17.6. The van der Waals surface area contributed by atoms with Crippen LogP contribution in [0.2, 0.25) is 5.02 Å². The highest BCUT2D eigenvalue weighted by Crippen LogP contribution is 2.37. The van der Waals surface area contributed by atoms with Crippen molar-refractivity contribution in [3.63, 3.8) is 0 Å². The van der Waals surface area contributed by atoms with E-state index in [1.54, 1.807) is 24.3 Å². The molecule has 0 saturated carbocycles. The predicted molar refractivity (Wildman–Crippen MR) is 104 cm³/mol. The predicted octanol–water partition coefficient (Wildman–Crippen LogP) is 5.53. The van der Waals surface area contributed by atoms with Gasteiger partial charge in [0.2, 0.25) is 0 Å². The van der Waals surface area contributed by atoms with Crippen LogP contribution in [-0.4, -0.2) is 20.1 Å². The van der Waals surface area contributed by atoms with Crippen LogP contribution < -0.4 is 14.8 Å². The van der Waals surface area contributed by atoms with Crippen LogP contribution in [0, 0.1) is 0 Å². The summed E-state index contributed by atoms with van der Waals surface area (Å²) in [7, 11) is 3.08. The zero-order valence-corrected chi connectivity index (χ0v) is 15.9. The van der Waals surface area contributed by atoms with Gasteiger partial charge in [-0.1, -0.05) is 35.9 Å². The Morgan fingerprint density at radius 1 is 1.08 bits per heavy atom. The van der Waals surface area contributed by atoms with Crippen LogP contribution in [0.15, 0.2) is 53.0 Å². The van der Waals surface area contributed by atoms with Gasteiger partial charge in [0.1, 0.15) is 11.5 Å². The number of fused-ring (bicyclic) bond motifs is 1. The summed E-state index contributed by atoms with van der Waals surface area (Å²) in [6, 6.07) is 14.6. The van der Waals surface area contributed by atoms with E-state index in [1.165, 1.54) is 14.2 Å². The van der Waals surface area contributed by atoms with Gasteiger partial charge in [-0.2, -0.15) is 0 Å². The van der Waals surface area contributed by atoms with Crippen molar-refractivity contribution >= 4 is 49.9 Å². The zero-order valence-electron chi connectivity index (χ0n) is 13.6. The zero-order chi connectivity index (χ0) is 18.0. The maximum Gasteiger partial charge on any atom is 0.259 e. The van der Waals surface area contributed by atoms with Crippen molar-refractivity contribution < 1.29 is 14.3 Å². The summed E-state index contributed by atoms with van der Waals surface area (Å²) >= 11 is 9.65. The number of nitrogens with one attached hydrogen (secondary N) is 1. The first-order chi connectivity index (χ1) is 12.0. The fraction of sp³-hybridized carbons (Fsp3) is 0.105. The van der Waals surface area contributed by atoms with Gasteiger partial charge in [0.25, 0.3) is 5.91 Å². The number of carbonyl (C=O) groups is 1. The highest BCUT2D eigenvalue weighted by Gasteiger charge is 2.18. The van der Waals surface area contributed by atoms with Crippen molar-refractivity contribution in [2.75, 3.05) is 19.5 Å². The number of halogens is 2. The van der Waals surface area contributed by atoms with E-state index in [-0.39, 0.29) is 5.91 Å². The first-order valence-corrected chi connectivity index (χ1v) is 8.62. The molecule has 0 atom stereocenters. The number of hydrogen-bond donors (Lipinski definition) is 1. The number of rotatable bonds is 4. The van der Waals surface area contributed by atoms with Gasteiger partial charge in [0, 0.05) is 5.69 Å². The fourth-order valence-electron chi connectivity index (χ4n) is 2.60. The van der Waals surface area contributed by atoms with Crippen LogP contribution in [-0.2, 0) is 0 Å². The van der Waals surface area contributed by atoms with Crippen LogP contribution in [0.1, 0.15) is 10.4 Å². The highest BCUT2D eigenvalue weighted by molar-refractivity contribution is 9.10. The normalized spacial score (nSPS) is 10.6. The Balaban J connectivity index is 2.00. The molecule has 128 valence electrons. The van der Waals surface area contributed by atoms with Crippen LogP contribution in [0.4, 0.5) is 5.69 Å². The Kier molecular flexibility index (Phi) is 5.16. The lowest BCUT2D eigenvalue weighted by Crippen LogP contribution is -2.13. The van der Waals surface area contributed by atoms with Gasteiger partial charge in [-0.05, 0) is 51.0 Å². The third-order valence-corrected chi connectivity index (χ3v) is 4.88. The SMILES string of the molecule is COc1ccc(NC(=O)c2cc3ccccc3c(Br)c2OC)cc1Cl. The average molecular weight is 421 g/mol. The van der Waals surface area contributed by atoms with Gasteiger partial charge < -0.3 is 14.8 Å². The number of hydrogen-bond acceptors (Lipinski definition) is 3. The smallest absolute Gasteiger partial charge is 0.259 e. The fourth-order valence-corrected chi connectivity index (χ4v) is 3.59. The molecule has 0 aliphatic rings. The third kappa shape index (κ3) is 3.43. The van der Waals surface area contributed by atoms with Gasteiger partial charge in [-0.3, -0.25) is 4.79 Å². The summed E-state index contributed by atoms with van der Waals surface area (Å²) in [5.41, 5.74) is 1.00. The molecule has 0 bridgehead atoms. The number of amides is 1. The molecule has 0 aromatic heterocycles. The summed E-state index contributed by atoms with van der Waals surface area (Å²) in [4.78, 5) is 12.8. The van der Waals surface area contributed by atoms with E-state index in [2.05, 4.69) is 21.2 Å². The summed E-state index contributed by atoms with van der Waals surface area (Å²) in [6.07, 6.45) is 0. The van der Waals surface area contributed by atoms with Gasteiger partial charge in [0.05, 0.1) is 29.3 Å². The lowest BCUT2D eigenvalue weighted by atomic mass is 10.1. The molecule has 25 heavy (non-hydrogen) atoms. The van der Waals surface area contributed by atoms with Crippen molar-refractivity contribution in [1.29, 1.82) is 0 Å². The maximum absolute atomic E-state index is 12.8. The molecular weight excluding hydrogens is 406 g/mol. The quantitative estimate of drug-likeness (QED) is 0.604. The Labute approximate surface area is 158 Å². The Bertz CT molecular complexity index is 959. The number of benzene rings is 3. The molecular formula is C19H15BrClNO3. The van der Waals surface area contributed by atoms with E-state index in [0.29, 0.717) is 27.8 Å². The van der Waals surface area contributed by atoms with E-state index < -0.39 is 0 Å².